The monoisotopic (exact) mass is 310 g/mol. The van der Waals surface area contributed by atoms with Crippen molar-refractivity contribution in [3.05, 3.63) is 0 Å². The van der Waals surface area contributed by atoms with Gasteiger partial charge in [0.05, 0.1) is 6.04 Å². The SMILES string of the molecule is CC1C(NC(=O)C(F)(F)F)CCCN1C(=O)OC(C)(C)C. The van der Waals surface area contributed by atoms with Crippen LogP contribution in [0.1, 0.15) is 40.5 Å². The van der Waals surface area contributed by atoms with Crippen molar-refractivity contribution >= 4 is 12.0 Å². The molecule has 0 aliphatic carbocycles. The molecule has 0 saturated carbocycles. The Balaban J connectivity index is 2.71. The number of piperidine rings is 1. The van der Waals surface area contributed by atoms with E-state index in [0.29, 0.717) is 19.4 Å². The van der Waals surface area contributed by atoms with Crippen LogP contribution in [0.3, 0.4) is 0 Å². The van der Waals surface area contributed by atoms with Crippen molar-refractivity contribution in [3.63, 3.8) is 0 Å². The first kappa shape index (κ1) is 17.6. The highest BCUT2D eigenvalue weighted by molar-refractivity contribution is 5.82. The van der Waals surface area contributed by atoms with E-state index in [9.17, 15) is 22.8 Å². The molecule has 2 unspecified atom stereocenters. The van der Waals surface area contributed by atoms with Crippen LogP contribution in [0.15, 0.2) is 0 Å². The Hall–Kier alpha value is -1.47. The summed E-state index contributed by atoms with van der Waals surface area (Å²) in [6.45, 7) is 7.13. The molecule has 0 aromatic carbocycles. The fourth-order valence-electron chi connectivity index (χ4n) is 2.16. The molecule has 1 aliphatic heterocycles. The lowest BCUT2D eigenvalue weighted by Crippen LogP contribution is -2.58. The zero-order valence-corrected chi connectivity index (χ0v) is 12.6. The summed E-state index contributed by atoms with van der Waals surface area (Å²) in [7, 11) is 0. The quantitative estimate of drug-likeness (QED) is 0.809. The van der Waals surface area contributed by atoms with Crippen LogP contribution in [-0.2, 0) is 9.53 Å². The van der Waals surface area contributed by atoms with Crippen LogP contribution in [-0.4, -0.2) is 47.3 Å². The summed E-state index contributed by atoms with van der Waals surface area (Å²) in [6, 6.07) is -1.29. The summed E-state index contributed by atoms with van der Waals surface area (Å²) < 4.78 is 42.1. The first-order valence-corrected chi connectivity index (χ1v) is 6.79. The molecule has 0 bridgehead atoms. The molecule has 8 heteroatoms. The van der Waals surface area contributed by atoms with Gasteiger partial charge in [-0.05, 0) is 40.5 Å². The second kappa shape index (κ2) is 6.11. The summed E-state index contributed by atoms with van der Waals surface area (Å²) in [5.41, 5.74) is -0.682. The fourth-order valence-corrected chi connectivity index (χ4v) is 2.16. The average molecular weight is 310 g/mol. The van der Waals surface area contributed by atoms with E-state index in [1.807, 2.05) is 5.32 Å². The molecule has 0 aromatic heterocycles. The third-order valence-corrected chi connectivity index (χ3v) is 3.19. The maximum atomic E-state index is 12.3. The van der Waals surface area contributed by atoms with Crippen LogP contribution in [0.2, 0.25) is 0 Å². The number of ether oxygens (including phenoxy) is 1. The van der Waals surface area contributed by atoms with Gasteiger partial charge < -0.3 is 15.0 Å². The molecule has 0 radical (unpaired) electrons. The number of amides is 2. The fraction of sp³-hybridized carbons (Fsp3) is 0.846. The lowest BCUT2D eigenvalue weighted by atomic mass is 9.98. The molecule has 2 atom stereocenters. The Morgan fingerprint density at radius 2 is 1.81 bits per heavy atom. The summed E-state index contributed by atoms with van der Waals surface area (Å²) in [5.74, 6) is -1.98. The van der Waals surface area contributed by atoms with E-state index in [1.165, 1.54) is 4.90 Å². The number of nitrogens with one attached hydrogen (secondary N) is 1. The Bertz CT molecular complexity index is 404. The van der Waals surface area contributed by atoms with Crippen molar-refractivity contribution in [3.8, 4) is 0 Å². The van der Waals surface area contributed by atoms with Crippen molar-refractivity contribution < 1.29 is 27.5 Å². The van der Waals surface area contributed by atoms with Gasteiger partial charge in [-0.1, -0.05) is 0 Å². The van der Waals surface area contributed by atoms with Crippen molar-refractivity contribution in [2.45, 2.75) is 64.4 Å². The molecule has 2 amide bonds. The van der Waals surface area contributed by atoms with Crippen molar-refractivity contribution in [2.75, 3.05) is 6.54 Å². The zero-order valence-electron chi connectivity index (χ0n) is 12.6. The molecular formula is C13H21F3N2O3. The number of halogens is 3. The topological polar surface area (TPSA) is 58.6 Å². The van der Waals surface area contributed by atoms with Crippen LogP contribution in [0.25, 0.3) is 0 Å². The molecule has 1 heterocycles. The number of likely N-dealkylation sites (tertiary alicyclic amines) is 1. The zero-order chi connectivity index (χ0) is 16.4. The van der Waals surface area contributed by atoms with E-state index in [2.05, 4.69) is 0 Å². The predicted octanol–water partition coefficient (Wildman–Crippen LogP) is 2.45. The van der Waals surface area contributed by atoms with Gasteiger partial charge in [0.15, 0.2) is 0 Å². The van der Waals surface area contributed by atoms with Gasteiger partial charge in [-0.25, -0.2) is 4.79 Å². The van der Waals surface area contributed by atoms with Crippen molar-refractivity contribution in [1.29, 1.82) is 0 Å². The lowest BCUT2D eigenvalue weighted by molar-refractivity contribution is -0.175. The van der Waals surface area contributed by atoms with E-state index in [-0.39, 0.29) is 0 Å². The maximum absolute atomic E-state index is 12.3. The second-order valence-electron chi connectivity index (χ2n) is 6.13. The average Bonchev–Trinajstić information content (AvgIpc) is 2.28. The molecule has 1 fully saturated rings. The van der Waals surface area contributed by atoms with Crippen LogP contribution < -0.4 is 5.32 Å². The van der Waals surface area contributed by atoms with Gasteiger partial charge in [0.25, 0.3) is 0 Å². The number of rotatable bonds is 1. The Morgan fingerprint density at radius 3 is 2.29 bits per heavy atom. The third kappa shape index (κ3) is 5.09. The van der Waals surface area contributed by atoms with Crippen LogP contribution in [0, 0.1) is 0 Å². The van der Waals surface area contributed by atoms with E-state index < -0.39 is 35.9 Å². The number of alkyl halides is 3. The Kier molecular flexibility index (Phi) is 5.11. The van der Waals surface area contributed by atoms with Gasteiger partial charge in [-0.15, -0.1) is 0 Å². The molecule has 1 N–H and O–H groups in total. The highest BCUT2D eigenvalue weighted by atomic mass is 19.4. The van der Waals surface area contributed by atoms with Crippen molar-refractivity contribution in [2.24, 2.45) is 0 Å². The van der Waals surface area contributed by atoms with Crippen molar-refractivity contribution in [1.82, 2.24) is 10.2 Å². The minimum Gasteiger partial charge on any atom is -0.444 e. The lowest BCUT2D eigenvalue weighted by Gasteiger charge is -2.40. The first-order chi connectivity index (χ1) is 9.42. The second-order valence-corrected chi connectivity index (χ2v) is 6.13. The van der Waals surface area contributed by atoms with Gasteiger partial charge in [-0.2, -0.15) is 13.2 Å². The molecule has 122 valence electrons. The minimum absolute atomic E-state index is 0.391. The van der Waals surface area contributed by atoms with E-state index >= 15 is 0 Å². The van der Waals surface area contributed by atoms with Gasteiger partial charge in [0, 0.05) is 12.6 Å². The van der Waals surface area contributed by atoms with E-state index in [4.69, 9.17) is 4.74 Å². The predicted molar refractivity (Wildman–Crippen MR) is 69.6 cm³/mol. The molecular weight excluding hydrogens is 289 g/mol. The first-order valence-electron chi connectivity index (χ1n) is 6.79. The molecule has 1 aliphatic rings. The summed E-state index contributed by atoms with van der Waals surface area (Å²) in [4.78, 5) is 24.4. The highest BCUT2D eigenvalue weighted by Crippen LogP contribution is 2.22. The van der Waals surface area contributed by atoms with E-state index in [1.54, 1.807) is 27.7 Å². The van der Waals surface area contributed by atoms with Crippen LogP contribution >= 0.6 is 0 Å². The summed E-state index contributed by atoms with van der Waals surface area (Å²) in [6.07, 6.45) is -4.61. The van der Waals surface area contributed by atoms with Gasteiger partial charge >= 0.3 is 18.2 Å². The van der Waals surface area contributed by atoms with Gasteiger partial charge in [0.1, 0.15) is 5.60 Å². The largest absolute Gasteiger partial charge is 0.471 e. The smallest absolute Gasteiger partial charge is 0.444 e. The van der Waals surface area contributed by atoms with Crippen LogP contribution in [0.4, 0.5) is 18.0 Å². The number of hydrogen-bond donors (Lipinski definition) is 1. The Morgan fingerprint density at radius 1 is 1.24 bits per heavy atom. The number of carbonyl (C=O) groups is 2. The normalized spacial score (nSPS) is 23.7. The number of hydrogen-bond acceptors (Lipinski definition) is 3. The van der Waals surface area contributed by atoms with Crippen LogP contribution in [0.5, 0.6) is 0 Å². The third-order valence-electron chi connectivity index (χ3n) is 3.19. The summed E-state index contributed by atoms with van der Waals surface area (Å²) >= 11 is 0. The number of nitrogens with zero attached hydrogens (tertiary/aromatic N) is 1. The number of carbonyl (C=O) groups excluding carboxylic acids is 2. The molecule has 1 rings (SSSR count). The molecule has 0 spiro atoms. The maximum Gasteiger partial charge on any atom is 0.471 e. The summed E-state index contributed by atoms with van der Waals surface area (Å²) in [5, 5.41) is 1.94. The minimum atomic E-state index is -4.92. The highest BCUT2D eigenvalue weighted by Gasteiger charge is 2.42. The molecule has 1 saturated heterocycles. The molecule has 5 nitrogen and oxygen atoms in total. The van der Waals surface area contributed by atoms with Gasteiger partial charge in [-0.3, -0.25) is 4.79 Å². The Labute approximate surface area is 121 Å². The van der Waals surface area contributed by atoms with E-state index in [0.717, 1.165) is 0 Å². The van der Waals surface area contributed by atoms with Gasteiger partial charge in [0.2, 0.25) is 0 Å². The molecule has 21 heavy (non-hydrogen) atoms. The molecule has 0 aromatic rings. The standard InChI is InChI=1S/C13H21F3N2O3/c1-8-9(17-10(19)13(14,15)16)6-5-7-18(8)11(20)21-12(2,3)4/h8-9H,5-7H2,1-4H3,(H,17,19).